The van der Waals surface area contributed by atoms with Crippen LogP contribution in [-0.4, -0.2) is 23.1 Å². The topological polar surface area (TPSA) is 67.3 Å². The van der Waals surface area contributed by atoms with Gasteiger partial charge in [-0.05, 0) is 35.9 Å². The van der Waals surface area contributed by atoms with Crippen molar-refractivity contribution in [2.75, 3.05) is 17.3 Å². The number of hydrogen-bond donors (Lipinski definition) is 1. The summed E-state index contributed by atoms with van der Waals surface area (Å²) >= 11 is 5.71. The molecule has 2 aromatic rings. The van der Waals surface area contributed by atoms with Gasteiger partial charge in [0.25, 0.3) is 0 Å². The normalized spacial score (nSPS) is 13.7. The fourth-order valence-corrected chi connectivity index (χ4v) is 2.12. The Morgan fingerprint density at radius 2 is 2.10 bits per heavy atom. The average molecular weight is 291 g/mol. The summed E-state index contributed by atoms with van der Waals surface area (Å²) in [7, 11) is 1.60. The van der Waals surface area contributed by atoms with Crippen LogP contribution in [0.4, 0.5) is 16.3 Å². The molecule has 3 rings (SSSR count). The maximum Gasteiger partial charge on any atom is 0.327 e. The number of urea groups is 1. The van der Waals surface area contributed by atoms with Crippen molar-refractivity contribution >= 4 is 29.1 Å². The Balaban J connectivity index is 1.91. The van der Waals surface area contributed by atoms with Gasteiger partial charge in [-0.15, -0.1) is 0 Å². The highest BCUT2D eigenvalue weighted by Gasteiger charge is 2.25. The lowest BCUT2D eigenvalue weighted by molar-refractivity contribution is 0.256. The van der Waals surface area contributed by atoms with E-state index in [1.807, 2.05) is 12.1 Å². The largest absolute Gasteiger partial charge is 0.497 e. The zero-order valence-corrected chi connectivity index (χ0v) is 11.4. The molecule has 2 heterocycles. The third-order valence-electron chi connectivity index (χ3n) is 3.02. The Bertz CT molecular complexity index is 660. The molecule has 102 valence electrons. The number of rotatable bonds is 2. The highest BCUT2D eigenvalue weighted by atomic mass is 35.5. The number of ether oxygens (including phenoxy) is 1. The fraction of sp³-hybridized carbons (Fsp3) is 0.154. The molecule has 1 aliphatic rings. The van der Waals surface area contributed by atoms with Gasteiger partial charge in [0, 0.05) is 17.4 Å². The van der Waals surface area contributed by atoms with E-state index >= 15 is 0 Å². The SMILES string of the molecule is COc1ccc(N2Cc3cnc(Cl)nc3NC2=O)cc1. The van der Waals surface area contributed by atoms with Crippen LogP contribution in [0.2, 0.25) is 5.28 Å². The first-order chi connectivity index (χ1) is 9.67. The Hall–Kier alpha value is -2.34. The van der Waals surface area contributed by atoms with E-state index in [1.54, 1.807) is 30.3 Å². The second-order valence-corrected chi connectivity index (χ2v) is 4.57. The van der Waals surface area contributed by atoms with Gasteiger partial charge < -0.3 is 4.74 Å². The minimum Gasteiger partial charge on any atom is -0.497 e. The lowest BCUT2D eigenvalue weighted by Crippen LogP contribution is -2.39. The number of hydrogen-bond acceptors (Lipinski definition) is 4. The summed E-state index contributed by atoms with van der Waals surface area (Å²) in [5, 5.41) is 2.81. The van der Waals surface area contributed by atoms with Gasteiger partial charge in [0.2, 0.25) is 5.28 Å². The molecular weight excluding hydrogens is 280 g/mol. The molecular formula is C13H11ClN4O2. The van der Waals surface area contributed by atoms with Gasteiger partial charge in [0.15, 0.2) is 0 Å². The third-order valence-corrected chi connectivity index (χ3v) is 3.20. The van der Waals surface area contributed by atoms with Crippen molar-refractivity contribution < 1.29 is 9.53 Å². The first kappa shape index (κ1) is 12.7. The van der Waals surface area contributed by atoms with E-state index < -0.39 is 0 Å². The van der Waals surface area contributed by atoms with E-state index in [2.05, 4.69) is 15.3 Å². The molecule has 0 bridgehead atoms. The van der Waals surface area contributed by atoms with Crippen LogP contribution in [0.3, 0.4) is 0 Å². The van der Waals surface area contributed by atoms with Gasteiger partial charge in [-0.25, -0.2) is 9.78 Å². The second kappa shape index (κ2) is 4.97. The van der Waals surface area contributed by atoms with Crippen molar-refractivity contribution in [3.8, 4) is 5.75 Å². The molecule has 0 aliphatic carbocycles. The van der Waals surface area contributed by atoms with E-state index in [-0.39, 0.29) is 11.3 Å². The number of carbonyl (C=O) groups excluding carboxylic acids is 1. The zero-order chi connectivity index (χ0) is 14.1. The van der Waals surface area contributed by atoms with Crippen molar-refractivity contribution in [2.24, 2.45) is 0 Å². The summed E-state index contributed by atoms with van der Waals surface area (Å²) in [4.78, 5) is 21.6. The Morgan fingerprint density at radius 3 is 2.80 bits per heavy atom. The molecule has 0 unspecified atom stereocenters. The summed E-state index contributed by atoms with van der Waals surface area (Å²) in [5.41, 5.74) is 1.58. The van der Waals surface area contributed by atoms with E-state index in [0.29, 0.717) is 12.4 Å². The monoisotopic (exact) mass is 290 g/mol. The van der Waals surface area contributed by atoms with Crippen molar-refractivity contribution in [3.63, 3.8) is 0 Å². The van der Waals surface area contributed by atoms with Crippen LogP contribution in [0, 0.1) is 0 Å². The molecule has 1 N–H and O–H groups in total. The average Bonchev–Trinajstić information content (AvgIpc) is 2.46. The molecule has 0 saturated heterocycles. The molecule has 1 aromatic heterocycles. The Kier molecular flexibility index (Phi) is 3.15. The fourth-order valence-electron chi connectivity index (χ4n) is 1.99. The van der Waals surface area contributed by atoms with Crippen molar-refractivity contribution in [1.29, 1.82) is 0 Å². The predicted octanol–water partition coefficient (Wildman–Crippen LogP) is 2.69. The zero-order valence-electron chi connectivity index (χ0n) is 10.6. The molecule has 0 saturated carbocycles. The van der Waals surface area contributed by atoms with Crippen molar-refractivity contribution in [1.82, 2.24) is 9.97 Å². The number of carbonyl (C=O) groups is 1. The highest BCUT2D eigenvalue weighted by molar-refractivity contribution is 6.28. The van der Waals surface area contributed by atoms with Crippen molar-refractivity contribution in [2.45, 2.75) is 6.54 Å². The van der Waals surface area contributed by atoms with Gasteiger partial charge >= 0.3 is 6.03 Å². The Morgan fingerprint density at radius 1 is 1.35 bits per heavy atom. The number of nitrogens with one attached hydrogen (secondary N) is 1. The summed E-state index contributed by atoms with van der Waals surface area (Å²) in [6.45, 7) is 0.394. The number of nitrogens with zero attached hydrogens (tertiary/aromatic N) is 3. The smallest absolute Gasteiger partial charge is 0.327 e. The van der Waals surface area contributed by atoms with E-state index in [1.165, 1.54) is 0 Å². The maximum atomic E-state index is 12.1. The lowest BCUT2D eigenvalue weighted by Gasteiger charge is -2.28. The molecule has 20 heavy (non-hydrogen) atoms. The highest BCUT2D eigenvalue weighted by Crippen LogP contribution is 2.27. The minimum atomic E-state index is -0.252. The predicted molar refractivity (Wildman–Crippen MR) is 75.2 cm³/mol. The first-order valence-electron chi connectivity index (χ1n) is 5.91. The lowest BCUT2D eigenvalue weighted by atomic mass is 10.2. The molecule has 1 aromatic carbocycles. The molecule has 0 radical (unpaired) electrons. The van der Waals surface area contributed by atoms with Crippen LogP contribution >= 0.6 is 11.6 Å². The van der Waals surface area contributed by atoms with E-state index in [4.69, 9.17) is 16.3 Å². The van der Waals surface area contributed by atoms with Gasteiger partial charge in [-0.1, -0.05) is 0 Å². The molecule has 1 aliphatic heterocycles. The molecule has 0 fully saturated rings. The third kappa shape index (κ3) is 2.25. The summed E-state index contributed by atoms with van der Waals surface area (Å²) in [6, 6.07) is 6.99. The standard InChI is InChI=1S/C13H11ClN4O2/c1-20-10-4-2-9(3-5-10)18-7-8-6-15-12(14)16-11(8)17-13(18)19/h2-6H,7H2,1H3,(H,15,16,17,19). The Labute approximate surface area is 120 Å². The molecule has 6 nitrogen and oxygen atoms in total. The van der Waals surface area contributed by atoms with Gasteiger partial charge in [-0.3, -0.25) is 10.2 Å². The van der Waals surface area contributed by atoms with Crippen LogP contribution in [0.5, 0.6) is 5.75 Å². The molecule has 7 heteroatoms. The maximum absolute atomic E-state index is 12.1. The van der Waals surface area contributed by atoms with Gasteiger partial charge in [-0.2, -0.15) is 4.98 Å². The second-order valence-electron chi connectivity index (χ2n) is 4.23. The van der Waals surface area contributed by atoms with Crippen LogP contribution in [-0.2, 0) is 6.54 Å². The first-order valence-corrected chi connectivity index (χ1v) is 6.29. The number of aromatic nitrogens is 2. The van der Waals surface area contributed by atoms with E-state index in [0.717, 1.165) is 17.0 Å². The quantitative estimate of drug-likeness (QED) is 0.864. The number of fused-ring (bicyclic) bond motifs is 1. The van der Waals surface area contributed by atoms with E-state index in [9.17, 15) is 4.79 Å². The van der Waals surface area contributed by atoms with Crippen LogP contribution in [0.1, 0.15) is 5.56 Å². The molecule has 0 atom stereocenters. The number of benzene rings is 1. The molecule has 2 amide bonds. The van der Waals surface area contributed by atoms with Crippen LogP contribution < -0.4 is 15.0 Å². The minimum absolute atomic E-state index is 0.113. The van der Waals surface area contributed by atoms with Crippen molar-refractivity contribution in [3.05, 3.63) is 41.3 Å². The van der Waals surface area contributed by atoms with Gasteiger partial charge in [0.1, 0.15) is 11.6 Å². The summed E-state index contributed by atoms with van der Waals surface area (Å²) in [5.74, 6) is 1.20. The van der Waals surface area contributed by atoms with Crippen LogP contribution in [0.15, 0.2) is 30.5 Å². The van der Waals surface area contributed by atoms with Gasteiger partial charge in [0.05, 0.1) is 13.7 Å². The molecule has 0 spiro atoms. The summed E-state index contributed by atoms with van der Waals surface area (Å²) < 4.78 is 5.10. The number of amides is 2. The number of halogens is 1. The van der Waals surface area contributed by atoms with Crippen LogP contribution in [0.25, 0.3) is 0 Å². The number of methoxy groups -OCH3 is 1. The number of anilines is 2. The summed E-state index contributed by atoms with van der Waals surface area (Å²) in [6.07, 6.45) is 1.61.